The molecule has 5 nitrogen and oxygen atoms in total. The molecule has 0 saturated carbocycles. The quantitative estimate of drug-likeness (QED) is 0.537. The van der Waals surface area contributed by atoms with E-state index in [0.717, 1.165) is 31.2 Å². The minimum Gasteiger partial charge on any atom is -0.492 e. The molecule has 0 fully saturated rings. The number of rotatable bonds is 9. The van der Waals surface area contributed by atoms with Gasteiger partial charge in [-0.2, -0.15) is 0 Å². The Morgan fingerprint density at radius 2 is 1.77 bits per heavy atom. The Labute approximate surface area is 157 Å². The van der Waals surface area contributed by atoms with Crippen molar-refractivity contribution in [3.05, 3.63) is 65.7 Å². The minimum atomic E-state index is 0.687. The van der Waals surface area contributed by atoms with Gasteiger partial charge in [0.25, 0.3) is 0 Å². The lowest BCUT2D eigenvalue weighted by Crippen LogP contribution is -2.37. The molecule has 140 valence electrons. The van der Waals surface area contributed by atoms with Gasteiger partial charge < -0.3 is 20.3 Å². The molecule has 0 atom stereocenters. The lowest BCUT2D eigenvalue weighted by molar-refractivity contribution is 0.261. The summed E-state index contributed by atoms with van der Waals surface area (Å²) in [6, 6.07) is 18.6. The SMILES string of the molecule is CN=C(NCCc1ccccc1)NCc1cccc(OCCN(C)C)c1. The number of nitrogens with zero attached hydrogens (tertiary/aromatic N) is 2. The van der Waals surface area contributed by atoms with Crippen LogP contribution in [0.15, 0.2) is 59.6 Å². The maximum atomic E-state index is 5.79. The standard InChI is InChI=1S/C21H30N4O/c1-22-21(23-13-12-18-8-5-4-6-9-18)24-17-19-10-7-11-20(16-19)26-15-14-25(2)3/h4-11,16H,12-15,17H2,1-3H3,(H2,22,23,24). The van der Waals surface area contributed by atoms with Gasteiger partial charge in [-0.1, -0.05) is 42.5 Å². The van der Waals surface area contributed by atoms with Crippen LogP contribution in [0.4, 0.5) is 0 Å². The van der Waals surface area contributed by atoms with Crippen molar-refractivity contribution >= 4 is 5.96 Å². The van der Waals surface area contributed by atoms with Crippen molar-refractivity contribution in [3.8, 4) is 5.75 Å². The van der Waals surface area contributed by atoms with Gasteiger partial charge in [-0.3, -0.25) is 4.99 Å². The van der Waals surface area contributed by atoms with Crippen molar-refractivity contribution < 1.29 is 4.74 Å². The molecule has 0 aliphatic rings. The molecule has 0 amide bonds. The van der Waals surface area contributed by atoms with E-state index in [0.29, 0.717) is 13.2 Å². The molecule has 0 spiro atoms. The van der Waals surface area contributed by atoms with Crippen molar-refractivity contribution in [2.75, 3.05) is 40.8 Å². The number of guanidine groups is 1. The van der Waals surface area contributed by atoms with E-state index in [1.54, 1.807) is 7.05 Å². The highest BCUT2D eigenvalue weighted by molar-refractivity contribution is 5.79. The second-order valence-electron chi connectivity index (χ2n) is 6.39. The van der Waals surface area contributed by atoms with Crippen molar-refractivity contribution in [3.63, 3.8) is 0 Å². The summed E-state index contributed by atoms with van der Waals surface area (Å²) >= 11 is 0. The summed E-state index contributed by atoms with van der Waals surface area (Å²) in [5.41, 5.74) is 2.48. The number of ether oxygens (including phenoxy) is 1. The van der Waals surface area contributed by atoms with E-state index in [1.165, 1.54) is 11.1 Å². The molecule has 2 aromatic carbocycles. The van der Waals surface area contributed by atoms with Crippen LogP contribution in [0.1, 0.15) is 11.1 Å². The van der Waals surface area contributed by atoms with Crippen LogP contribution in [0.2, 0.25) is 0 Å². The number of nitrogens with one attached hydrogen (secondary N) is 2. The van der Waals surface area contributed by atoms with Crippen LogP contribution >= 0.6 is 0 Å². The Hall–Kier alpha value is -2.53. The Morgan fingerprint density at radius 1 is 1.00 bits per heavy atom. The zero-order valence-electron chi connectivity index (χ0n) is 16.0. The molecular formula is C21H30N4O. The molecule has 2 aromatic rings. The fourth-order valence-electron chi connectivity index (χ4n) is 2.47. The Bertz CT molecular complexity index is 671. The fourth-order valence-corrected chi connectivity index (χ4v) is 2.47. The van der Waals surface area contributed by atoms with Gasteiger partial charge in [0.15, 0.2) is 5.96 Å². The van der Waals surface area contributed by atoms with Gasteiger partial charge in [-0.15, -0.1) is 0 Å². The Balaban J connectivity index is 1.75. The molecule has 0 radical (unpaired) electrons. The van der Waals surface area contributed by atoms with Crippen molar-refractivity contribution in [2.45, 2.75) is 13.0 Å². The first kappa shape index (κ1) is 19.8. The second kappa shape index (κ2) is 11.2. The van der Waals surface area contributed by atoms with Gasteiger partial charge in [0.1, 0.15) is 12.4 Å². The summed E-state index contributed by atoms with van der Waals surface area (Å²) in [5.74, 6) is 1.71. The highest BCUT2D eigenvalue weighted by Gasteiger charge is 2.01. The molecule has 5 heteroatoms. The van der Waals surface area contributed by atoms with E-state index >= 15 is 0 Å². The molecule has 0 aliphatic heterocycles. The summed E-state index contributed by atoms with van der Waals surface area (Å²) in [6.07, 6.45) is 0.969. The molecule has 0 aromatic heterocycles. The van der Waals surface area contributed by atoms with E-state index < -0.39 is 0 Å². The molecule has 2 N–H and O–H groups in total. The normalized spacial score (nSPS) is 11.5. The van der Waals surface area contributed by atoms with Crippen LogP contribution in [0.5, 0.6) is 5.75 Å². The highest BCUT2D eigenvalue weighted by atomic mass is 16.5. The van der Waals surface area contributed by atoms with Gasteiger partial charge in [0.2, 0.25) is 0 Å². The number of aliphatic imine (C=N–C) groups is 1. The molecular weight excluding hydrogens is 324 g/mol. The lowest BCUT2D eigenvalue weighted by atomic mass is 10.1. The third kappa shape index (κ3) is 7.57. The third-order valence-electron chi connectivity index (χ3n) is 3.94. The number of likely N-dealkylation sites (N-methyl/N-ethyl adjacent to an activating group) is 1. The summed E-state index contributed by atoms with van der Waals surface area (Å²) in [6.45, 7) is 3.14. The second-order valence-corrected chi connectivity index (χ2v) is 6.39. The van der Waals surface area contributed by atoms with E-state index in [1.807, 2.05) is 32.3 Å². The van der Waals surface area contributed by atoms with Gasteiger partial charge in [0, 0.05) is 26.7 Å². The Kier molecular flexibility index (Phi) is 8.49. The van der Waals surface area contributed by atoms with Crippen LogP contribution in [0.3, 0.4) is 0 Å². The topological polar surface area (TPSA) is 48.9 Å². The molecule has 0 heterocycles. The molecule has 2 rings (SSSR count). The molecule has 0 saturated heterocycles. The summed E-state index contributed by atoms with van der Waals surface area (Å²) < 4.78 is 5.79. The van der Waals surface area contributed by atoms with E-state index in [4.69, 9.17) is 4.74 Å². The van der Waals surface area contributed by atoms with Gasteiger partial charge in [0.05, 0.1) is 0 Å². The largest absolute Gasteiger partial charge is 0.492 e. The first-order valence-electron chi connectivity index (χ1n) is 9.02. The van der Waals surface area contributed by atoms with Crippen LogP contribution in [0.25, 0.3) is 0 Å². The van der Waals surface area contributed by atoms with Gasteiger partial charge >= 0.3 is 0 Å². The summed E-state index contributed by atoms with van der Waals surface area (Å²) in [7, 11) is 5.87. The fraction of sp³-hybridized carbons (Fsp3) is 0.381. The Morgan fingerprint density at radius 3 is 2.50 bits per heavy atom. The maximum Gasteiger partial charge on any atom is 0.191 e. The van der Waals surface area contributed by atoms with Crippen LogP contribution in [0, 0.1) is 0 Å². The first-order valence-corrected chi connectivity index (χ1v) is 9.02. The number of benzene rings is 2. The van der Waals surface area contributed by atoms with E-state index in [2.05, 4.69) is 56.9 Å². The monoisotopic (exact) mass is 354 g/mol. The predicted molar refractivity (Wildman–Crippen MR) is 109 cm³/mol. The number of hydrogen-bond donors (Lipinski definition) is 2. The zero-order chi connectivity index (χ0) is 18.6. The average molecular weight is 354 g/mol. The van der Waals surface area contributed by atoms with Crippen LogP contribution in [-0.4, -0.2) is 51.7 Å². The maximum absolute atomic E-state index is 5.79. The summed E-state index contributed by atoms with van der Waals surface area (Å²) in [4.78, 5) is 6.39. The average Bonchev–Trinajstić information content (AvgIpc) is 2.65. The van der Waals surface area contributed by atoms with Crippen molar-refractivity contribution in [1.29, 1.82) is 0 Å². The van der Waals surface area contributed by atoms with Gasteiger partial charge in [-0.05, 0) is 43.8 Å². The van der Waals surface area contributed by atoms with Gasteiger partial charge in [-0.25, -0.2) is 0 Å². The molecule has 0 aliphatic carbocycles. The number of hydrogen-bond acceptors (Lipinski definition) is 3. The van der Waals surface area contributed by atoms with Crippen LogP contribution in [-0.2, 0) is 13.0 Å². The summed E-state index contributed by atoms with van der Waals surface area (Å²) in [5, 5.41) is 6.70. The predicted octanol–water partition coefficient (Wildman–Crippen LogP) is 2.53. The minimum absolute atomic E-state index is 0.687. The highest BCUT2D eigenvalue weighted by Crippen LogP contribution is 2.13. The van der Waals surface area contributed by atoms with Crippen molar-refractivity contribution in [2.24, 2.45) is 4.99 Å². The van der Waals surface area contributed by atoms with E-state index in [9.17, 15) is 0 Å². The first-order chi connectivity index (χ1) is 12.7. The molecule has 0 bridgehead atoms. The van der Waals surface area contributed by atoms with E-state index in [-0.39, 0.29) is 0 Å². The smallest absolute Gasteiger partial charge is 0.191 e. The van der Waals surface area contributed by atoms with Crippen LogP contribution < -0.4 is 15.4 Å². The van der Waals surface area contributed by atoms with Crippen molar-refractivity contribution in [1.82, 2.24) is 15.5 Å². The molecule has 0 unspecified atom stereocenters. The molecule has 26 heavy (non-hydrogen) atoms. The lowest BCUT2D eigenvalue weighted by Gasteiger charge is -2.14. The third-order valence-corrected chi connectivity index (χ3v) is 3.94. The zero-order valence-corrected chi connectivity index (χ0v) is 16.0.